The Balaban J connectivity index is 1.63. The number of carbonyl (C=O) groups excluding carboxylic acids is 1. The number of aromatic nitrogens is 4. The van der Waals surface area contributed by atoms with Crippen LogP contribution in [0.2, 0.25) is 0 Å². The number of carbonyl (C=O) groups is 1. The summed E-state index contributed by atoms with van der Waals surface area (Å²) in [6.07, 6.45) is 8.27. The third-order valence-corrected chi connectivity index (χ3v) is 4.36. The van der Waals surface area contributed by atoms with E-state index in [1.165, 1.54) is 0 Å². The maximum atomic E-state index is 11.7. The van der Waals surface area contributed by atoms with Crippen LogP contribution in [-0.4, -0.2) is 49.7 Å². The van der Waals surface area contributed by atoms with Gasteiger partial charge in [-0.2, -0.15) is 0 Å². The summed E-state index contributed by atoms with van der Waals surface area (Å²) in [5.74, 6) is 1.23. The molecule has 1 aliphatic heterocycles. The lowest BCUT2D eigenvalue weighted by Gasteiger charge is -2.32. The Bertz CT molecular complexity index is 669. The molecule has 1 unspecified atom stereocenters. The maximum Gasteiger partial charge on any atom is 0.237 e. The summed E-state index contributed by atoms with van der Waals surface area (Å²) in [7, 11) is 0. The summed E-state index contributed by atoms with van der Waals surface area (Å²) in [4.78, 5) is 29.9. The smallest absolute Gasteiger partial charge is 0.237 e. The maximum absolute atomic E-state index is 11.7. The van der Waals surface area contributed by atoms with Gasteiger partial charge < -0.3 is 9.88 Å². The first-order valence-electron chi connectivity index (χ1n) is 7.82. The molecule has 2 aromatic heterocycles. The van der Waals surface area contributed by atoms with Crippen LogP contribution in [0.4, 0.5) is 0 Å². The molecule has 23 heavy (non-hydrogen) atoms. The SMILES string of the molecule is Cc1cnc(-c2cnc(CC3CCCN(C(=O)CCl)C3)cn2)[nH]1. The zero-order valence-electron chi connectivity index (χ0n) is 13.1. The van der Waals surface area contributed by atoms with Gasteiger partial charge >= 0.3 is 0 Å². The summed E-state index contributed by atoms with van der Waals surface area (Å²) >= 11 is 5.65. The minimum atomic E-state index is 0.0194. The van der Waals surface area contributed by atoms with Gasteiger partial charge in [0.1, 0.15) is 11.6 Å². The number of rotatable bonds is 4. The van der Waals surface area contributed by atoms with Crippen LogP contribution in [0.15, 0.2) is 18.6 Å². The van der Waals surface area contributed by atoms with Crippen molar-refractivity contribution in [2.45, 2.75) is 26.2 Å². The van der Waals surface area contributed by atoms with Gasteiger partial charge in [0.25, 0.3) is 0 Å². The number of halogens is 1. The second-order valence-corrected chi connectivity index (χ2v) is 6.26. The number of hydrogen-bond donors (Lipinski definition) is 1. The first-order valence-corrected chi connectivity index (χ1v) is 8.36. The van der Waals surface area contributed by atoms with Crippen molar-refractivity contribution in [2.75, 3.05) is 19.0 Å². The van der Waals surface area contributed by atoms with E-state index < -0.39 is 0 Å². The van der Waals surface area contributed by atoms with Crippen LogP contribution in [0.5, 0.6) is 0 Å². The van der Waals surface area contributed by atoms with Gasteiger partial charge in [0.15, 0.2) is 5.82 Å². The van der Waals surface area contributed by atoms with Crippen molar-refractivity contribution in [1.29, 1.82) is 0 Å². The van der Waals surface area contributed by atoms with E-state index in [0.717, 1.165) is 55.3 Å². The van der Waals surface area contributed by atoms with Crippen LogP contribution >= 0.6 is 11.6 Å². The Hall–Kier alpha value is -1.95. The summed E-state index contributed by atoms with van der Waals surface area (Å²) in [5, 5.41) is 0. The summed E-state index contributed by atoms with van der Waals surface area (Å²) in [6, 6.07) is 0. The van der Waals surface area contributed by atoms with Crippen LogP contribution in [0.1, 0.15) is 24.2 Å². The van der Waals surface area contributed by atoms with Crippen molar-refractivity contribution in [3.8, 4) is 11.5 Å². The van der Waals surface area contributed by atoms with E-state index in [1.54, 1.807) is 18.6 Å². The van der Waals surface area contributed by atoms with Gasteiger partial charge in [0.05, 0.1) is 11.9 Å². The first-order chi connectivity index (χ1) is 11.2. The highest BCUT2D eigenvalue weighted by Gasteiger charge is 2.23. The summed E-state index contributed by atoms with van der Waals surface area (Å²) in [6.45, 7) is 3.52. The Morgan fingerprint density at radius 3 is 2.87 bits per heavy atom. The quantitative estimate of drug-likeness (QED) is 0.870. The zero-order chi connectivity index (χ0) is 16.2. The molecule has 0 radical (unpaired) electrons. The molecule has 0 spiro atoms. The molecule has 1 atom stereocenters. The number of alkyl halides is 1. The number of hydrogen-bond acceptors (Lipinski definition) is 4. The minimum Gasteiger partial charge on any atom is -0.341 e. The average Bonchev–Trinajstić information content (AvgIpc) is 3.01. The normalized spacial score (nSPS) is 18.2. The van der Waals surface area contributed by atoms with Gasteiger partial charge in [0.2, 0.25) is 5.91 Å². The topological polar surface area (TPSA) is 74.8 Å². The van der Waals surface area contributed by atoms with E-state index in [9.17, 15) is 4.79 Å². The lowest BCUT2D eigenvalue weighted by molar-refractivity contribution is -0.130. The lowest BCUT2D eigenvalue weighted by atomic mass is 9.93. The standard InChI is InChI=1S/C16H20ClN5O/c1-11-7-20-16(21-11)14-9-18-13(8-19-14)5-12-3-2-4-22(10-12)15(23)6-17/h7-9,12H,2-6,10H2,1H3,(H,20,21). The van der Waals surface area contributed by atoms with E-state index in [4.69, 9.17) is 11.6 Å². The molecule has 0 bridgehead atoms. The molecular formula is C16H20ClN5O. The summed E-state index contributed by atoms with van der Waals surface area (Å²) in [5.41, 5.74) is 2.68. The second kappa shape index (κ2) is 7.08. The van der Waals surface area contributed by atoms with Gasteiger partial charge in [-0.15, -0.1) is 11.6 Å². The van der Waals surface area contributed by atoms with Crippen LogP contribution < -0.4 is 0 Å². The Kier molecular flexibility index (Phi) is 4.91. The first kappa shape index (κ1) is 15.9. The van der Waals surface area contributed by atoms with E-state index >= 15 is 0 Å². The highest BCUT2D eigenvalue weighted by molar-refractivity contribution is 6.27. The molecule has 122 valence electrons. The predicted molar refractivity (Wildman–Crippen MR) is 88.1 cm³/mol. The van der Waals surface area contributed by atoms with Gasteiger partial charge in [-0.1, -0.05) is 0 Å². The number of aryl methyl sites for hydroxylation is 1. The molecule has 1 amide bonds. The van der Waals surface area contributed by atoms with Crippen LogP contribution in [-0.2, 0) is 11.2 Å². The van der Waals surface area contributed by atoms with E-state index in [-0.39, 0.29) is 11.8 Å². The van der Waals surface area contributed by atoms with E-state index in [1.807, 2.05) is 11.8 Å². The largest absolute Gasteiger partial charge is 0.341 e. The Labute approximate surface area is 140 Å². The molecule has 3 rings (SSSR count). The molecule has 2 aromatic rings. The van der Waals surface area contributed by atoms with Crippen molar-refractivity contribution in [3.05, 3.63) is 30.0 Å². The Morgan fingerprint density at radius 2 is 2.22 bits per heavy atom. The molecule has 7 heteroatoms. The molecule has 0 aromatic carbocycles. The number of imidazole rings is 1. The highest BCUT2D eigenvalue weighted by atomic mass is 35.5. The fourth-order valence-electron chi connectivity index (χ4n) is 2.96. The van der Waals surface area contributed by atoms with Gasteiger partial charge in [-0.3, -0.25) is 9.78 Å². The molecule has 1 aliphatic rings. The zero-order valence-corrected chi connectivity index (χ0v) is 13.9. The molecule has 0 aliphatic carbocycles. The summed E-state index contributed by atoms with van der Waals surface area (Å²) < 4.78 is 0. The number of amides is 1. The molecule has 1 saturated heterocycles. The number of aromatic amines is 1. The van der Waals surface area contributed by atoms with Gasteiger partial charge in [-0.25, -0.2) is 9.97 Å². The second-order valence-electron chi connectivity index (χ2n) is 5.99. The van der Waals surface area contributed by atoms with Crippen molar-refractivity contribution in [2.24, 2.45) is 5.92 Å². The fraction of sp³-hybridized carbons (Fsp3) is 0.500. The van der Waals surface area contributed by atoms with Crippen LogP contribution in [0, 0.1) is 12.8 Å². The number of likely N-dealkylation sites (tertiary alicyclic amines) is 1. The third-order valence-electron chi connectivity index (χ3n) is 4.13. The lowest BCUT2D eigenvalue weighted by Crippen LogP contribution is -2.41. The molecule has 1 fully saturated rings. The third kappa shape index (κ3) is 3.88. The minimum absolute atomic E-state index is 0.0194. The predicted octanol–water partition coefficient (Wildman–Crippen LogP) is 2.20. The van der Waals surface area contributed by atoms with Crippen molar-refractivity contribution >= 4 is 17.5 Å². The van der Waals surface area contributed by atoms with Gasteiger partial charge in [-0.05, 0) is 32.1 Å². The molecular weight excluding hydrogens is 314 g/mol. The van der Waals surface area contributed by atoms with E-state index in [2.05, 4.69) is 19.9 Å². The van der Waals surface area contributed by atoms with Crippen molar-refractivity contribution < 1.29 is 4.79 Å². The number of H-pyrrole nitrogens is 1. The molecule has 6 nitrogen and oxygen atoms in total. The average molecular weight is 334 g/mol. The number of nitrogens with one attached hydrogen (secondary N) is 1. The monoisotopic (exact) mass is 333 g/mol. The van der Waals surface area contributed by atoms with Gasteiger partial charge in [0, 0.05) is 31.2 Å². The highest BCUT2D eigenvalue weighted by Crippen LogP contribution is 2.21. The Morgan fingerprint density at radius 1 is 1.35 bits per heavy atom. The molecule has 3 heterocycles. The van der Waals surface area contributed by atoms with E-state index in [0.29, 0.717) is 5.92 Å². The van der Waals surface area contributed by atoms with Crippen LogP contribution in [0.25, 0.3) is 11.5 Å². The van der Waals surface area contributed by atoms with Crippen molar-refractivity contribution in [1.82, 2.24) is 24.8 Å². The molecule has 0 saturated carbocycles. The number of piperidine rings is 1. The fourth-order valence-corrected chi connectivity index (χ4v) is 3.13. The molecule has 1 N–H and O–H groups in total. The van der Waals surface area contributed by atoms with Crippen molar-refractivity contribution in [3.63, 3.8) is 0 Å². The van der Waals surface area contributed by atoms with Crippen LogP contribution in [0.3, 0.4) is 0 Å². The number of nitrogens with zero attached hydrogens (tertiary/aromatic N) is 4.